The van der Waals surface area contributed by atoms with Crippen LogP contribution in [0.3, 0.4) is 0 Å². The molecule has 0 saturated carbocycles. The molecule has 5 nitrogen and oxygen atoms in total. The van der Waals surface area contributed by atoms with Crippen LogP contribution < -0.4 is 10.1 Å². The van der Waals surface area contributed by atoms with Crippen LogP contribution in [-0.2, 0) is 14.3 Å². The zero-order chi connectivity index (χ0) is 17.5. The molecule has 0 aliphatic rings. The molecule has 126 valence electrons. The highest BCUT2D eigenvalue weighted by atomic mass is 35.5. The van der Waals surface area contributed by atoms with Crippen molar-refractivity contribution in [3.8, 4) is 5.75 Å². The predicted molar refractivity (Wildman–Crippen MR) is 92.3 cm³/mol. The van der Waals surface area contributed by atoms with E-state index in [1.54, 1.807) is 30.3 Å². The number of halogens is 1. The fraction of sp³-hybridized carbons (Fsp3) is 0.222. The summed E-state index contributed by atoms with van der Waals surface area (Å²) >= 11 is 5.97. The average molecular weight is 348 g/mol. The van der Waals surface area contributed by atoms with E-state index in [0.29, 0.717) is 16.5 Å². The molecule has 2 rings (SSSR count). The first-order valence-electron chi connectivity index (χ1n) is 7.40. The highest BCUT2D eigenvalue weighted by Gasteiger charge is 2.19. The average Bonchev–Trinajstić information content (AvgIpc) is 2.56. The van der Waals surface area contributed by atoms with E-state index in [-0.39, 0.29) is 6.61 Å². The summed E-state index contributed by atoms with van der Waals surface area (Å²) in [6, 6.07) is 14.1. The summed E-state index contributed by atoms with van der Waals surface area (Å²) in [4.78, 5) is 23.8. The van der Waals surface area contributed by atoms with Gasteiger partial charge in [0.1, 0.15) is 5.75 Å². The number of carbonyl (C=O) groups is 2. The van der Waals surface area contributed by atoms with Gasteiger partial charge >= 0.3 is 5.97 Å². The number of nitrogens with one attached hydrogen (secondary N) is 1. The first-order valence-corrected chi connectivity index (χ1v) is 7.78. The second-order valence-electron chi connectivity index (χ2n) is 5.16. The lowest BCUT2D eigenvalue weighted by Gasteiger charge is -2.15. The van der Waals surface area contributed by atoms with Crippen molar-refractivity contribution in [3.63, 3.8) is 0 Å². The number of para-hydroxylation sites is 2. The first kappa shape index (κ1) is 17.8. The van der Waals surface area contributed by atoms with Crippen LogP contribution in [0, 0.1) is 6.92 Å². The van der Waals surface area contributed by atoms with Crippen LogP contribution in [0.4, 0.5) is 5.69 Å². The zero-order valence-corrected chi connectivity index (χ0v) is 14.2. The summed E-state index contributed by atoms with van der Waals surface area (Å²) in [7, 11) is 0. The molecule has 0 radical (unpaired) electrons. The Bertz CT molecular complexity index is 732. The van der Waals surface area contributed by atoms with Crippen molar-refractivity contribution < 1.29 is 19.1 Å². The fourth-order valence-electron chi connectivity index (χ4n) is 1.94. The molecular weight excluding hydrogens is 330 g/mol. The largest absolute Gasteiger partial charge is 0.482 e. The van der Waals surface area contributed by atoms with Crippen LogP contribution >= 0.6 is 11.6 Å². The number of ether oxygens (including phenoxy) is 2. The second kappa shape index (κ2) is 8.36. The lowest BCUT2D eigenvalue weighted by atomic mass is 10.2. The minimum Gasteiger partial charge on any atom is -0.482 e. The molecule has 0 heterocycles. The lowest BCUT2D eigenvalue weighted by Crippen LogP contribution is -2.31. The van der Waals surface area contributed by atoms with E-state index >= 15 is 0 Å². The van der Waals surface area contributed by atoms with Gasteiger partial charge in [0, 0.05) is 0 Å². The molecule has 1 unspecified atom stereocenters. The molecule has 2 aromatic rings. The van der Waals surface area contributed by atoms with E-state index in [2.05, 4.69) is 5.32 Å². The number of hydrogen-bond donors (Lipinski definition) is 1. The van der Waals surface area contributed by atoms with Crippen molar-refractivity contribution in [3.05, 3.63) is 59.1 Å². The number of amides is 1. The van der Waals surface area contributed by atoms with Crippen molar-refractivity contribution in [2.45, 2.75) is 20.0 Å². The summed E-state index contributed by atoms with van der Waals surface area (Å²) in [5.74, 6) is -0.491. The van der Waals surface area contributed by atoms with Crippen LogP contribution in [0.5, 0.6) is 5.75 Å². The van der Waals surface area contributed by atoms with E-state index in [1.807, 2.05) is 25.1 Å². The van der Waals surface area contributed by atoms with Gasteiger partial charge in [-0.25, -0.2) is 4.79 Å². The Balaban J connectivity index is 1.84. The normalized spacial score (nSPS) is 11.5. The Morgan fingerprint density at radius 1 is 1.12 bits per heavy atom. The van der Waals surface area contributed by atoms with E-state index in [0.717, 1.165) is 5.56 Å². The van der Waals surface area contributed by atoms with Gasteiger partial charge in [0.15, 0.2) is 12.7 Å². The summed E-state index contributed by atoms with van der Waals surface area (Å²) in [5.41, 5.74) is 1.37. The molecule has 0 saturated heterocycles. The molecule has 0 bridgehead atoms. The van der Waals surface area contributed by atoms with Gasteiger partial charge in [0.05, 0.1) is 10.7 Å². The molecule has 0 spiro atoms. The van der Waals surface area contributed by atoms with Gasteiger partial charge in [-0.15, -0.1) is 0 Å². The van der Waals surface area contributed by atoms with Crippen LogP contribution in [0.1, 0.15) is 12.5 Å². The third kappa shape index (κ3) is 4.99. The van der Waals surface area contributed by atoms with Gasteiger partial charge < -0.3 is 14.8 Å². The standard InChI is InChI=1S/C18H18ClNO4/c1-12-7-3-6-10-16(12)23-11-17(21)24-13(2)18(22)20-15-9-5-4-8-14(15)19/h3-10,13H,11H2,1-2H3,(H,20,22). The van der Waals surface area contributed by atoms with Crippen molar-refractivity contribution in [2.24, 2.45) is 0 Å². The molecule has 1 amide bonds. The molecule has 0 aromatic heterocycles. The number of esters is 1. The van der Waals surface area contributed by atoms with Gasteiger partial charge in [-0.3, -0.25) is 4.79 Å². The smallest absolute Gasteiger partial charge is 0.344 e. The molecule has 1 atom stereocenters. The van der Waals surface area contributed by atoms with Gasteiger partial charge in [-0.2, -0.15) is 0 Å². The fourth-order valence-corrected chi connectivity index (χ4v) is 2.12. The Morgan fingerprint density at radius 3 is 2.50 bits per heavy atom. The lowest BCUT2D eigenvalue weighted by molar-refractivity contribution is -0.155. The van der Waals surface area contributed by atoms with E-state index in [4.69, 9.17) is 21.1 Å². The zero-order valence-electron chi connectivity index (χ0n) is 13.4. The van der Waals surface area contributed by atoms with Crippen LogP contribution in [-0.4, -0.2) is 24.6 Å². The van der Waals surface area contributed by atoms with E-state index < -0.39 is 18.0 Å². The number of carbonyl (C=O) groups excluding carboxylic acids is 2. The molecule has 2 aromatic carbocycles. The molecule has 1 N–H and O–H groups in total. The van der Waals surface area contributed by atoms with Crippen molar-refractivity contribution in [2.75, 3.05) is 11.9 Å². The van der Waals surface area contributed by atoms with E-state index in [9.17, 15) is 9.59 Å². The van der Waals surface area contributed by atoms with Gasteiger partial charge in [-0.05, 0) is 37.6 Å². The van der Waals surface area contributed by atoms with Crippen molar-refractivity contribution in [1.29, 1.82) is 0 Å². The predicted octanol–water partition coefficient (Wildman–Crippen LogP) is 3.60. The maximum Gasteiger partial charge on any atom is 0.344 e. The molecule has 0 aliphatic heterocycles. The van der Waals surface area contributed by atoms with Crippen LogP contribution in [0.2, 0.25) is 5.02 Å². The van der Waals surface area contributed by atoms with Crippen molar-refractivity contribution >= 4 is 29.2 Å². The van der Waals surface area contributed by atoms with Crippen LogP contribution in [0.15, 0.2) is 48.5 Å². The Kier molecular flexibility index (Phi) is 6.21. The van der Waals surface area contributed by atoms with Gasteiger partial charge in [0.25, 0.3) is 5.91 Å². The minimum absolute atomic E-state index is 0.269. The SMILES string of the molecule is Cc1ccccc1OCC(=O)OC(C)C(=O)Nc1ccccc1Cl. The maximum atomic E-state index is 12.0. The summed E-state index contributed by atoms with van der Waals surface area (Å²) in [5, 5.41) is 3.02. The molecular formula is C18H18ClNO4. The summed E-state index contributed by atoms with van der Waals surface area (Å²) in [6.45, 7) is 3.09. The number of anilines is 1. The number of hydrogen-bond acceptors (Lipinski definition) is 4. The number of aryl methyl sites for hydroxylation is 1. The maximum absolute atomic E-state index is 12.0. The third-order valence-electron chi connectivity index (χ3n) is 3.25. The number of rotatable bonds is 6. The minimum atomic E-state index is -0.964. The van der Waals surface area contributed by atoms with E-state index in [1.165, 1.54) is 6.92 Å². The number of benzene rings is 2. The molecule has 0 fully saturated rings. The Labute approximate surface area is 145 Å². The van der Waals surface area contributed by atoms with Crippen LogP contribution in [0.25, 0.3) is 0 Å². The summed E-state index contributed by atoms with van der Waals surface area (Å²) < 4.78 is 10.5. The topological polar surface area (TPSA) is 64.6 Å². The molecule has 0 aliphatic carbocycles. The Hall–Kier alpha value is -2.53. The Morgan fingerprint density at radius 2 is 1.79 bits per heavy atom. The third-order valence-corrected chi connectivity index (χ3v) is 3.58. The molecule has 24 heavy (non-hydrogen) atoms. The van der Waals surface area contributed by atoms with Crippen molar-refractivity contribution in [1.82, 2.24) is 0 Å². The second-order valence-corrected chi connectivity index (χ2v) is 5.56. The molecule has 6 heteroatoms. The van der Waals surface area contributed by atoms with Gasteiger partial charge in [-0.1, -0.05) is 41.9 Å². The van der Waals surface area contributed by atoms with Gasteiger partial charge in [0.2, 0.25) is 0 Å². The highest BCUT2D eigenvalue weighted by Crippen LogP contribution is 2.20. The quantitative estimate of drug-likeness (QED) is 0.811. The summed E-state index contributed by atoms with van der Waals surface area (Å²) in [6.07, 6.45) is -0.964. The highest BCUT2D eigenvalue weighted by molar-refractivity contribution is 6.33. The first-order chi connectivity index (χ1) is 11.5. The monoisotopic (exact) mass is 347 g/mol.